The van der Waals surface area contributed by atoms with Crippen LogP contribution in [0.5, 0.6) is 0 Å². The molecule has 0 bridgehead atoms. The molecule has 1 aliphatic rings. The third-order valence-electron chi connectivity index (χ3n) is 4.95. The molecule has 1 amide bonds. The average Bonchev–Trinajstić information content (AvgIpc) is 3.15. The summed E-state index contributed by atoms with van der Waals surface area (Å²) in [5, 5.41) is 0. The van der Waals surface area contributed by atoms with Crippen LogP contribution in [0.1, 0.15) is 31.4 Å². The Morgan fingerprint density at radius 2 is 2.03 bits per heavy atom. The zero-order valence-electron chi connectivity index (χ0n) is 17.2. The zero-order valence-corrected chi connectivity index (χ0v) is 17.2. The van der Waals surface area contributed by atoms with Crippen molar-refractivity contribution in [2.75, 3.05) is 13.1 Å². The lowest BCUT2D eigenvalue weighted by Gasteiger charge is -2.26. The van der Waals surface area contributed by atoms with Gasteiger partial charge in [0.25, 0.3) is 0 Å². The summed E-state index contributed by atoms with van der Waals surface area (Å²) in [7, 11) is 0. The highest BCUT2D eigenvalue weighted by Gasteiger charge is 2.31. The highest BCUT2D eigenvalue weighted by Crippen LogP contribution is 2.34. The van der Waals surface area contributed by atoms with Crippen LogP contribution in [0, 0.1) is 5.82 Å². The molecule has 0 spiro atoms. The summed E-state index contributed by atoms with van der Waals surface area (Å²) in [6.07, 6.45) is -1.16. The van der Waals surface area contributed by atoms with E-state index in [9.17, 15) is 22.4 Å². The quantitative estimate of drug-likeness (QED) is 0.481. The number of carbonyl (C=O) groups is 1. The third-order valence-corrected chi connectivity index (χ3v) is 4.95. The zero-order chi connectivity index (χ0) is 23.0. The van der Waals surface area contributed by atoms with Crippen LogP contribution in [0.3, 0.4) is 0 Å². The van der Waals surface area contributed by atoms with Crippen LogP contribution < -0.4 is 0 Å². The number of amides is 1. The largest absolute Gasteiger partial charge is 0.447 e. The van der Waals surface area contributed by atoms with Crippen molar-refractivity contribution in [1.82, 2.24) is 14.9 Å². The Morgan fingerprint density at radius 3 is 2.66 bits per heavy atom. The first-order chi connectivity index (χ1) is 15.1. The van der Waals surface area contributed by atoms with Gasteiger partial charge in [0.2, 0.25) is 11.6 Å². The van der Waals surface area contributed by atoms with Gasteiger partial charge >= 0.3 is 12.3 Å². The summed E-state index contributed by atoms with van der Waals surface area (Å²) in [6.45, 7) is 4.44. The summed E-state index contributed by atoms with van der Waals surface area (Å²) in [5.41, 5.74) is 0.931. The highest BCUT2D eigenvalue weighted by molar-refractivity contribution is 5.79. The molecule has 1 aromatic carbocycles. The molecule has 6 nitrogen and oxygen atoms in total. The minimum absolute atomic E-state index is 0.140. The second-order valence-electron chi connectivity index (χ2n) is 7.62. The molecule has 0 saturated heterocycles. The van der Waals surface area contributed by atoms with E-state index in [0.29, 0.717) is 31.1 Å². The first-order valence-corrected chi connectivity index (χ1v) is 9.90. The maximum atomic E-state index is 14.3. The lowest BCUT2D eigenvalue weighted by atomic mass is 10.0. The summed E-state index contributed by atoms with van der Waals surface area (Å²) < 4.78 is 63.2. The smallest absolute Gasteiger partial charge is 0.416 e. The number of hydrogen-bond acceptors (Lipinski definition) is 5. The topological polar surface area (TPSA) is 68.5 Å². The molecule has 0 radical (unpaired) electrons. The fraction of sp³-hybridized carbons (Fsp3) is 0.318. The number of benzene rings is 1. The molecular weight excluding hydrogens is 430 g/mol. The number of halogens is 4. The van der Waals surface area contributed by atoms with E-state index in [4.69, 9.17) is 9.15 Å². The number of carbonyl (C=O) groups excluding carboxylic acids is 1. The molecule has 0 aliphatic carbocycles. The lowest BCUT2D eigenvalue weighted by Crippen LogP contribution is -2.36. The van der Waals surface area contributed by atoms with Gasteiger partial charge in [-0.1, -0.05) is 6.08 Å². The molecule has 2 aromatic heterocycles. The Morgan fingerprint density at radius 1 is 1.25 bits per heavy atom. The molecule has 0 saturated carbocycles. The molecule has 0 N–H and O–H groups in total. The van der Waals surface area contributed by atoms with Gasteiger partial charge in [-0.15, -0.1) is 0 Å². The Bertz CT molecular complexity index is 1200. The molecular formula is C22H19F4N3O3. The molecule has 10 heteroatoms. The predicted molar refractivity (Wildman–Crippen MR) is 108 cm³/mol. The number of aromatic nitrogens is 2. The molecule has 3 aromatic rings. The van der Waals surface area contributed by atoms with Crippen LogP contribution in [-0.2, 0) is 10.9 Å². The van der Waals surface area contributed by atoms with E-state index in [1.54, 1.807) is 31.0 Å². The van der Waals surface area contributed by atoms with Crippen LogP contribution in [0.15, 0.2) is 41.0 Å². The van der Waals surface area contributed by atoms with Crippen molar-refractivity contribution in [2.45, 2.75) is 32.5 Å². The molecule has 1 aliphatic heterocycles. The monoisotopic (exact) mass is 449 g/mol. The average molecular weight is 449 g/mol. The van der Waals surface area contributed by atoms with Crippen molar-refractivity contribution >= 4 is 22.9 Å². The summed E-state index contributed by atoms with van der Waals surface area (Å²) >= 11 is 0. The predicted octanol–water partition coefficient (Wildman–Crippen LogP) is 5.68. The molecule has 0 unspecified atom stereocenters. The number of ether oxygens (including phenoxy) is 1. The Labute approximate surface area is 180 Å². The Kier molecular flexibility index (Phi) is 5.62. The van der Waals surface area contributed by atoms with E-state index in [-0.39, 0.29) is 29.4 Å². The van der Waals surface area contributed by atoms with E-state index in [1.807, 2.05) is 6.08 Å². The van der Waals surface area contributed by atoms with Crippen LogP contribution in [0.4, 0.5) is 22.4 Å². The third kappa shape index (κ3) is 4.44. The fourth-order valence-corrected chi connectivity index (χ4v) is 3.35. The normalized spacial score (nSPS) is 14.7. The molecule has 32 heavy (non-hydrogen) atoms. The van der Waals surface area contributed by atoms with Crippen molar-refractivity contribution in [3.63, 3.8) is 0 Å². The SMILES string of the molecule is CC(C)OC(=O)N1CC=C(c2cnc3oc(-c4ccc(C(F)(F)F)cc4F)nc3c2)CC1. The van der Waals surface area contributed by atoms with E-state index < -0.39 is 17.6 Å². The van der Waals surface area contributed by atoms with Gasteiger partial charge in [0.05, 0.1) is 17.2 Å². The van der Waals surface area contributed by atoms with Gasteiger partial charge in [-0.2, -0.15) is 13.2 Å². The fourth-order valence-electron chi connectivity index (χ4n) is 3.35. The van der Waals surface area contributed by atoms with Gasteiger partial charge in [0.15, 0.2) is 0 Å². The number of hydrogen-bond donors (Lipinski definition) is 0. The number of rotatable bonds is 3. The number of nitrogens with zero attached hydrogens (tertiary/aromatic N) is 3. The van der Waals surface area contributed by atoms with Crippen LogP contribution >= 0.6 is 0 Å². The van der Waals surface area contributed by atoms with Crippen LogP contribution in [-0.4, -0.2) is 40.2 Å². The van der Waals surface area contributed by atoms with Crippen molar-refractivity contribution in [3.05, 3.63) is 53.5 Å². The van der Waals surface area contributed by atoms with Gasteiger partial charge in [-0.25, -0.2) is 19.2 Å². The summed E-state index contributed by atoms with van der Waals surface area (Å²) in [6, 6.07) is 3.88. The number of fused-ring (bicyclic) bond motifs is 1. The van der Waals surface area contributed by atoms with Gasteiger partial charge < -0.3 is 14.1 Å². The number of oxazole rings is 1. The summed E-state index contributed by atoms with van der Waals surface area (Å²) in [4.78, 5) is 22.0. The molecule has 0 atom stereocenters. The van der Waals surface area contributed by atoms with Gasteiger partial charge in [0.1, 0.15) is 11.3 Å². The minimum atomic E-state index is -4.65. The second-order valence-corrected chi connectivity index (χ2v) is 7.62. The Balaban J connectivity index is 1.57. The highest BCUT2D eigenvalue weighted by atomic mass is 19.4. The number of pyridine rings is 1. The van der Waals surface area contributed by atoms with Crippen molar-refractivity contribution in [1.29, 1.82) is 0 Å². The standard InChI is InChI=1S/C22H19F4N3O3/c1-12(2)31-21(30)29-7-5-13(6-8-29)14-9-18-20(27-11-14)32-19(28-18)16-4-3-15(10-17(16)23)22(24,25)26/h3-5,9-12H,6-8H2,1-2H3. The maximum Gasteiger partial charge on any atom is 0.416 e. The van der Waals surface area contributed by atoms with E-state index >= 15 is 0 Å². The van der Waals surface area contributed by atoms with Gasteiger partial charge in [-0.3, -0.25) is 0 Å². The van der Waals surface area contributed by atoms with Gasteiger partial charge in [-0.05, 0) is 55.7 Å². The Hall–Kier alpha value is -3.43. The summed E-state index contributed by atoms with van der Waals surface area (Å²) in [5.74, 6) is -1.24. The number of alkyl halides is 3. The minimum Gasteiger partial charge on any atom is -0.447 e. The van der Waals surface area contributed by atoms with Crippen LogP contribution in [0.2, 0.25) is 0 Å². The maximum absolute atomic E-state index is 14.3. The van der Waals surface area contributed by atoms with Gasteiger partial charge in [0, 0.05) is 19.3 Å². The van der Waals surface area contributed by atoms with Crippen molar-refractivity contribution in [2.24, 2.45) is 0 Å². The molecule has 168 valence electrons. The first kappa shape index (κ1) is 21.8. The lowest BCUT2D eigenvalue weighted by molar-refractivity contribution is -0.137. The molecule has 4 rings (SSSR count). The van der Waals surface area contributed by atoms with E-state index in [1.165, 1.54) is 0 Å². The second kappa shape index (κ2) is 8.25. The first-order valence-electron chi connectivity index (χ1n) is 9.90. The van der Waals surface area contributed by atoms with Crippen molar-refractivity contribution in [3.8, 4) is 11.5 Å². The van der Waals surface area contributed by atoms with Crippen molar-refractivity contribution < 1.29 is 31.5 Å². The van der Waals surface area contributed by atoms with E-state index in [0.717, 1.165) is 23.3 Å². The molecule has 3 heterocycles. The van der Waals surface area contributed by atoms with Crippen LogP contribution in [0.25, 0.3) is 28.3 Å². The molecule has 0 fully saturated rings. The van der Waals surface area contributed by atoms with E-state index in [2.05, 4.69) is 9.97 Å².